The Morgan fingerprint density at radius 3 is 2.70 bits per heavy atom. The van der Waals surface area contributed by atoms with Crippen molar-refractivity contribution in [2.75, 3.05) is 0 Å². The first-order valence-electron chi connectivity index (χ1n) is 7.14. The zero-order valence-corrected chi connectivity index (χ0v) is 14.2. The molecule has 0 unspecified atom stereocenters. The molecule has 0 aliphatic rings. The monoisotopic (exact) mass is 348 g/mol. The van der Waals surface area contributed by atoms with E-state index in [2.05, 4.69) is 9.71 Å². The van der Waals surface area contributed by atoms with Gasteiger partial charge in [-0.05, 0) is 36.2 Å². The van der Waals surface area contributed by atoms with Gasteiger partial charge >= 0.3 is 0 Å². The number of aryl methyl sites for hydroxylation is 1. The van der Waals surface area contributed by atoms with Gasteiger partial charge in [-0.15, -0.1) is 11.3 Å². The molecule has 0 aliphatic carbocycles. The Bertz CT molecular complexity index is 866. The van der Waals surface area contributed by atoms with E-state index >= 15 is 0 Å². The molecular formula is C16H16N2O3S2. The smallest absolute Gasteiger partial charge is 0.250 e. The molecule has 0 saturated carbocycles. The number of thiophene rings is 1. The predicted molar refractivity (Wildman–Crippen MR) is 89.7 cm³/mol. The van der Waals surface area contributed by atoms with E-state index in [0.29, 0.717) is 4.21 Å². The van der Waals surface area contributed by atoms with Crippen LogP contribution in [-0.2, 0) is 23.0 Å². The van der Waals surface area contributed by atoms with Crippen molar-refractivity contribution in [2.24, 2.45) is 0 Å². The summed E-state index contributed by atoms with van der Waals surface area (Å²) in [5, 5.41) is 0. The first-order chi connectivity index (χ1) is 11.1. The summed E-state index contributed by atoms with van der Waals surface area (Å²) < 4.78 is 32.5. The van der Waals surface area contributed by atoms with Crippen LogP contribution in [0.15, 0.2) is 57.7 Å². The first kappa shape index (κ1) is 15.9. The van der Waals surface area contributed by atoms with Crippen molar-refractivity contribution < 1.29 is 12.8 Å². The number of nitrogens with one attached hydrogen (secondary N) is 1. The Labute approximate surface area is 139 Å². The minimum absolute atomic E-state index is 0.209. The number of hydrogen-bond donors (Lipinski definition) is 1. The number of pyridine rings is 1. The Morgan fingerprint density at radius 1 is 1.22 bits per heavy atom. The summed E-state index contributed by atoms with van der Waals surface area (Å²) >= 11 is 1.30. The van der Waals surface area contributed by atoms with Crippen LogP contribution >= 0.6 is 11.3 Å². The van der Waals surface area contributed by atoms with Gasteiger partial charge in [-0.25, -0.2) is 13.1 Å². The van der Waals surface area contributed by atoms with Crippen LogP contribution in [-0.4, -0.2) is 13.4 Å². The quantitative estimate of drug-likeness (QED) is 0.740. The fourth-order valence-electron chi connectivity index (χ4n) is 2.05. The number of hydrogen-bond acceptors (Lipinski definition) is 5. The SMILES string of the molecule is CCc1ccc(S(=O)(=O)NCc2ccc(-c3ccoc3)nc2)s1. The lowest BCUT2D eigenvalue weighted by atomic mass is 10.2. The van der Waals surface area contributed by atoms with E-state index in [1.807, 2.05) is 31.2 Å². The van der Waals surface area contributed by atoms with Crippen LogP contribution in [0.3, 0.4) is 0 Å². The average Bonchev–Trinajstić information content (AvgIpc) is 3.25. The van der Waals surface area contributed by atoms with E-state index in [9.17, 15) is 8.42 Å². The van der Waals surface area contributed by atoms with Crippen molar-refractivity contribution in [3.63, 3.8) is 0 Å². The molecule has 3 rings (SSSR count). The molecular weight excluding hydrogens is 332 g/mol. The van der Waals surface area contributed by atoms with Gasteiger partial charge in [0.25, 0.3) is 0 Å². The van der Waals surface area contributed by atoms with E-state index < -0.39 is 10.0 Å². The second kappa shape index (κ2) is 6.66. The maximum Gasteiger partial charge on any atom is 0.250 e. The Morgan fingerprint density at radius 2 is 2.09 bits per heavy atom. The Hall–Kier alpha value is -1.96. The van der Waals surface area contributed by atoms with Crippen LogP contribution in [0.1, 0.15) is 17.4 Å². The molecule has 0 radical (unpaired) electrons. The van der Waals surface area contributed by atoms with Crippen molar-refractivity contribution in [1.82, 2.24) is 9.71 Å². The van der Waals surface area contributed by atoms with Crippen LogP contribution in [0, 0.1) is 0 Å². The van der Waals surface area contributed by atoms with Gasteiger partial charge in [0.15, 0.2) is 0 Å². The van der Waals surface area contributed by atoms with Gasteiger partial charge in [0, 0.05) is 23.2 Å². The average molecular weight is 348 g/mol. The zero-order valence-electron chi connectivity index (χ0n) is 12.5. The third-order valence-corrected chi connectivity index (χ3v) is 6.48. The third kappa shape index (κ3) is 3.69. The molecule has 0 aromatic carbocycles. The number of sulfonamides is 1. The maximum atomic E-state index is 12.3. The molecule has 7 heteroatoms. The second-order valence-corrected chi connectivity index (χ2v) is 8.12. The van der Waals surface area contributed by atoms with E-state index in [1.165, 1.54) is 11.3 Å². The van der Waals surface area contributed by atoms with Crippen molar-refractivity contribution in [2.45, 2.75) is 24.1 Å². The lowest BCUT2D eigenvalue weighted by Gasteiger charge is -2.05. The van der Waals surface area contributed by atoms with Crippen LogP contribution in [0.2, 0.25) is 0 Å². The van der Waals surface area contributed by atoms with Crippen molar-refractivity contribution >= 4 is 21.4 Å². The molecule has 3 aromatic rings. The molecule has 0 fully saturated rings. The van der Waals surface area contributed by atoms with Crippen LogP contribution in [0.4, 0.5) is 0 Å². The predicted octanol–water partition coefficient (Wildman–Crippen LogP) is 3.44. The van der Waals surface area contributed by atoms with Gasteiger partial charge in [0.05, 0.1) is 18.2 Å². The minimum atomic E-state index is -3.48. The number of rotatable bonds is 6. The highest BCUT2D eigenvalue weighted by Gasteiger charge is 2.16. The number of furan rings is 1. The normalized spacial score (nSPS) is 11.7. The van der Waals surface area contributed by atoms with Crippen molar-refractivity contribution in [3.05, 3.63) is 59.5 Å². The Kier molecular flexibility index (Phi) is 4.61. The molecule has 120 valence electrons. The minimum Gasteiger partial charge on any atom is -0.472 e. The highest BCUT2D eigenvalue weighted by Crippen LogP contribution is 2.22. The van der Waals surface area contributed by atoms with Gasteiger partial charge in [-0.3, -0.25) is 4.98 Å². The van der Waals surface area contributed by atoms with Crippen molar-refractivity contribution in [1.29, 1.82) is 0 Å². The van der Waals surface area contributed by atoms with Crippen LogP contribution < -0.4 is 4.72 Å². The molecule has 0 atom stereocenters. The zero-order chi connectivity index (χ0) is 16.3. The van der Waals surface area contributed by atoms with Gasteiger partial charge in [-0.2, -0.15) is 0 Å². The lowest BCUT2D eigenvalue weighted by Crippen LogP contribution is -2.22. The number of nitrogens with zero attached hydrogens (tertiary/aromatic N) is 1. The maximum absolute atomic E-state index is 12.3. The van der Waals surface area contributed by atoms with E-state index in [0.717, 1.165) is 28.1 Å². The molecule has 23 heavy (non-hydrogen) atoms. The van der Waals surface area contributed by atoms with Crippen LogP contribution in [0.5, 0.6) is 0 Å². The summed E-state index contributed by atoms with van der Waals surface area (Å²) in [5.74, 6) is 0. The molecule has 0 amide bonds. The standard InChI is InChI=1S/C16H16N2O3S2/c1-2-14-4-6-16(22-14)23(19,20)18-10-12-3-5-15(17-9-12)13-7-8-21-11-13/h3-9,11,18H,2,10H2,1H3. The van der Waals surface area contributed by atoms with Crippen molar-refractivity contribution in [3.8, 4) is 11.3 Å². The summed E-state index contributed by atoms with van der Waals surface area (Å²) in [7, 11) is -3.48. The molecule has 3 aromatic heterocycles. The van der Waals surface area contributed by atoms with Gasteiger partial charge in [0.2, 0.25) is 10.0 Å². The third-order valence-electron chi connectivity index (χ3n) is 3.36. The topological polar surface area (TPSA) is 72.2 Å². The highest BCUT2D eigenvalue weighted by atomic mass is 32.2. The first-order valence-corrected chi connectivity index (χ1v) is 9.44. The lowest BCUT2D eigenvalue weighted by molar-refractivity contribution is 0.568. The molecule has 1 N–H and O–H groups in total. The number of aromatic nitrogens is 1. The van der Waals surface area contributed by atoms with E-state index in [-0.39, 0.29) is 6.54 Å². The van der Waals surface area contributed by atoms with Gasteiger partial charge in [-0.1, -0.05) is 13.0 Å². The molecule has 0 saturated heterocycles. The molecule has 0 bridgehead atoms. The Balaban J connectivity index is 1.68. The summed E-state index contributed by atoms with van der Waals surface area (Å²) in [6.07, 6.45) is 5.70. The van der Waals surface area contributed by atoms with Gasteiger partial charge < -0.3 is 4.42 Å². The summed E-state index contributed by atoms with van der Waals surface area (Å²) in [6, 6.07) is 9.01. The largest absolute Gasteiger partial charge is 0.472 e. The van der Waals surface area contributed by atoms with E-state index in [1.54, 1.807) is 24.8 Å². The fraction of sp³-hybridized carbons (Fsp3) is 0.188. The highest BCUT2D eigenvalue weighted by molar-refractivity contribution is 7.91. The summed E-state index contributed by atoms with van der Waals surface area (Å²) in [4.78, 5) is 5.37. The van der Waals surface area contributed by atoms with Gasteiger partial charge in [0.1, 0.15) is 4.21 Å². The second-order valence-electron chi connectivity index (χ2n) is 4.96. The molecule has 0 spiro atoms. The summed E-state index contributed by atoms with van der Waals surface area (Å²) in [6.45, 7) is 2.21. The molecule has 5 nitrogen and oxygen atoms in total. The molecule has 0 aliphatic heterocycles. The van der Waals surface area contributed by atoms with Crippen LogP contribution in [0.25, 0.3) is 11.3 Å². The molecule has 3 heterocycles. The summed E-state index contributed by atoms with van der Waals surface area (Å²) in [5.41, 5.74) is 2.48. The fourth-order valence-corrected chi connectivity index (χ4v) is 4.41. The van der Waals surface area contributed by atoms with E-state index in [4.69, 9.17) is 4.42 Å².